The second kappa shape index (κ2) is 6.88. The fourth-order valence-electron chi connectivity index (χ4n) is 2.81. The Morgan fingerprint density at radius 3 is 1.58 bits per heavy atom. The van der Waals surface area contributed by atoms with Crippen LogP contribution < -0.4 is 0 Å². The van der Waals surface area contributed by atoms with Crippen molar-refractivity contribution in [2.75, 3.05) is 0 Å². The van der Waals surface area contributed by atoms with Crippen LogP contribution >= 0.6 is 49.9 Å². The van der Waals surface area contributed by atoms with Gasteiger partial charge in [-0.05, 0) is 69.9 Å². The lowest BCUT2D eigenvalue weighted by Gasteiger charge is -2.15. The van der Waals surface area contributed by atoms with E-state index in [1.165, 1.54) is 44.9 Å². The Morgan fingerprint density at radius 1 is 0.654 bits per heavy atom. The maximum atomic E-state index is 3.84. The van der Waals surface area contributed by atoms with Crippen molar-refractivity contribution in [3.8, 4) is 19.5 Å². The van der Waals surface area contributed by atoms with Crippen LogP contribution in [0.15, 0.2) is 22.7 Å². The minimum Gasteiger partial charge on any atom is -0.139 e. The summed E-state index contributed by atoms with van der Waals surface area (Å²) in [4.78, 5) is 8.46. The molecule has 4 heteroatoms. The zero-order valence-electron chi connectivity index (χ0n) is 16.8. The first-order valence-corrected chi connectivity index (χ1v) is 12.1. The number of rotatable bonds is 2. The quantitative estimate of drug-likeness (QED) is 0.352. The van der Waals surface area contributed by atoms with E-state index in [4.69, 9.17) is 0 Å². The van der Waals surface area contributed by atoms with E-state index in [1.807, 2.05) is 34.0 Å². The van der Waals surface area contributed by atoms with Gasteiger partial charge in [0.1, 0.15) is 0 Å². The molecule has 3 heterocycles. The number of aryl methyl sites for hydroxylation is 2. The summed E-state index contributed by atoms with van der Waals surface area (Å²) in [5.74, 6) is 0. The number of hydrogen-bond donors (Lipinski definition) is 0. The van der Waals surface area contributed by atoms with Gasteiger partial charge in [0, 0.05) is 28.9 Å². The first kappa shape index (κ1) is 20.3. The van der Waals surface area contributed by atoms with Crippen LogP contribution in [0.25, 0.3) is 19.5 Å². The van der Waals surface area contributed by atoms with E-state index in [-0.39, 0.29) is 10.8 Å². The van der Waals surface area contributed by atoms with Gasteiger partial charge in [0.25, 0.3) is 0 Å². The highest BCUT2D eigenvalue weighted by molar-refractivity contribution is 9.10. The fourth-order valence-corrected chi connectivity index (χ4v) is 7.65. The second-order valence-electron chi connectivity index (χ2n) is 9.03. The first-order chi connectivity index (χ1) is 11.9. The van der Waals surface area contributed by atoms with Crippen molar-refractivity contribution in [1.82, 2.24) is 0 Å². The highest BCUT2D eigenvalue weighted by Gasteiger charge is 2.23. The van der Waals surface area contributed by atoms with Gasteiger partial charge < -0.3 is 0 Å². The number of thiophene rings is 3. The summed E-state index contributed by atoms with van der Waals surface area (Å²) in [6, 6.07) is 7.03. The van der Waals surface area contributed by atoms with Gasteiger partial charge in [0.05, 0.1) is 4.88 Å². The highest BCUT2D eigenvalue weighted by Crippen LogP contribution is 2.49. The lowest BCUT2D eigenvalue weighted by Crippen LogP contribution is -2.07. The molecule has 0 amide bonds. The van der Waals surface area contributed by atoms with E-state index >= 15 is 0 Å². The van der Waals surface area contributed by atoms with Gasteiger partial charge in [-0.15, -0.1) is 34.0 Å². The minimum absolute atomic E-state index is 0.201. The molecule has 0 aliphatic rings. The molecule has 3 rings (SSSR count). The summed E-state index contributed by atoms with van der Waals surface area (Å²) in [6.45, 7) is 18.2. The third-order valence-corrected chi connectivity index (χ3v) is 10.1. The van der Waals surface area contributed by atoms with Gasteiger partial charge in [-0.1, -0.05) is 41.5 Å². The van der Waals surface area contributed by atoms with Crippen LogP contribution in [-0.4, -0.2) is 0 Å². The van der Waals surface area contributed by atoms with E-state index in [0.717, 1.165) is 0 Å². The molecule has 0 nitrogen and oxygen atoms in total. The summed E-state index contributed by atoms with van der Waals surface area (Å²) < 4.78 is 1.22. The molecule has 3 aromatic rings. The van der Waals surface area contributed by atoms with Crippen molar-refractivity contribution < 1.29 is 0 Å². The Hall–Kier alpha value is -0.420. The largest absolute Gasteiger partial charge is 0.139 e. The predicted octanol–water partition coefficient (Wildman–Crippen LogP) is 9.18. The van der Waals surface area contributed by atoms with Crippen molar-refractivity contribution in [3.05, 3.63) is 43.6 Å². The summed E-state index contributed by atoms with van der Waals surface area (Å²) in [5, 5.41) is 0. The van der Waals surface area contributed by atoms with Crippen LogP contribution in [-0.2, 0) is 10.8 Å². The van der Waals surface area contributed by atoms with Crippen molar-refractivity contribution in [2.24, 2.45) is 0 Å². The Bertz CT molecular complexity index is 939. The molecule has 3 aromatic heterocycles. The van der Waals surface area contributed by atoms with Crippen molar-refractivity contribution in [1.29, 1.82) is 0 Å². The minimum atomic E-state index is 0.201. The van der Waals surface area contributed by atoms with Gasteiger partial charge in [-0.3, -0.25) is 0 Å². The Morgan fingerprint density at radius 2 is 1.12 bits per heavy atom. The van der Waals surface area contributed by atoms with Crippen LogP contribution in [0.2, 0.25) is 0 Å². The highest BCUT2D eigenvalue weighted by atomic mass is 79.9. The fraction of sp³-hybridized carbons (Fsp3) is 0.455. The standard InChI is InChI=1S/C22H27BrS3/c1-12-9-16(21(3,4)5)25-18(12)15-11-14(23)20(24-15)19-13(2)10-17(26-19)22(6,7)8/h9-11H,1-8H3. The smallest absolute Gasteiger partial charge is 0.0594 e. The van der Waals surface area contributed by atoms with Crippen LogP contribution in [0.5, 0.6) is 0 Å². The molecule has 0 N–H and O–H groups in total. The van der Waals surface area contributed by atoms with Crippen LogP contribution in [0, 0.1) is 13.8 Å². The lowest BCUT2D eigenvalue weighted by atomic mass is 9.94. The maximum Gasteiger partial charge on any atom is 0.0594 e. The van der Waals surface area contributed by atoms with Crippen LogP contribution in [0.3, 0.4) is 0 Å². The summed E-state index contributed by atoms with van der Waals surface area (Å²) >= 11 is 9.64. The molecule has 140 valence electrons. The zero-order valence-corrected chi connectivity index (χ0v) is 20.9. The Labute approximate surface area is 178 Å². The average molecular weight is 468 g/mol. The molecule has 26 heavy (non-hydrogen) atoms. The van der Waals surface area contributed by atoms with E-state index in [9.17, 15) is 0 Å². The molecule has 0 aliphatic heterocycles. The molecule has 0 radical (unpaired) electrons. The topological polar surface area (TPSA) is 0 Å². The van der Waals surface area contributed by atoms with E-state index < -0.39 is 0 Å². The number of hydrogen-bond acceptors (Lipinski definition) is 3. The molecule has 0 saturated carbocycles. The van der Waals surface area contributed by atoms with Gasteiger partial charge >= 0.3 is 0 Å². The second-order valence-corrected chi connectivity index (χ2v) is 13.0. The van der Waals surface area contributed by atoms with Gasteiger partial charge in [0.2, 0.25) is 0 Å². The summed E-state index contributed by atoms with van der Waals surface area (Å²) in [7, 11) is 0. The number of halogens is 1. The van der Waals surface area contributed by atoms with Crippen molar-refractivity contribution in [2.45, 2.75) is 66.2 Å². The molecular formula is C22H27BrS3. The third kappa shape index (κ3) is 3.89. The Kier molecular flexibility index (Phi) is 5.37. The Balaban J connectivity index is 2.07. The van der Waals surface area contributed by atoms with Gasteiger partial charge in [0.15, 0.2) is 0 Å². The van der Waals surface area contributed by atoms with Crippen LogP contribution in [0.1, 0.15) is 62.4 Å². The van der Waals surface area contributed by atoms with Crippen molar-refractivity contribution in [3.63, 3.8) is 0 Å². The van der Waals surface area contributed by atoms with Gasteiger partial charge in [-0.2, -0.15) is 0 Å². The molecule has 0 spiro atoms. The van der Waals surface area contributed by atoms with Gasteiger partial charge in [-0.25, -0.2) is 0 Å². The molecule has 0 unspecified atom stereocenters. The first-order valence-electron chi connectivity index (χ1n) is 8.90. The molecule has 0 aliphatic carbocycles. The summed E-state index contributed by atoms with van der Waals surface area (Å²) in [5.41, 5.74) is 3.18. The van der Waals surface area contributed by atoms with E-state index in [0.29, 0.717) is 0 Å². The third-order valence-electron chi connectivity index (χ3n) is 4.43. The molecular weight excluding hydrogens is 440 g/mol. The van der Waals surface area contributed by atoms with Crippen molar-refractivity contribution >= 4 is 49.9 Å². The monoisotopic (exact) mass is 466 g/mol. The van der Waals surface area contributed by atoms with E-state index in [1.54, 1.807) is 0 Å². The molecule has 0 aromatic carbocycles. The maximum absolute atomic E-state index is 3.84. The zero-order chi connectivity index (χ0) is 19.4. The molecule has 0 fully saturated rings. The molecule has 0 bridgehead atoms. The van der Waals surface area contributed by atoms with Crippen LogP contribution in [0.4, 0.5) is 0 Å². The predicted molar refractivity (Wildman–Crippen MR) is 126 cm³/mol. The lowest BCUT2D eigenvalue weighted by molar-refractivity contribution is 0.603. The normalized spacial score (nSPS) is 12.8. The average Bonchev–Trinajstić information content (AvgIpc) is 3.14. The summed E-state index contributed by atoms with van der Waals surface area (Å²) in [6.07, 6.45) is 0. The SMILES string of the molecule is Cc1cc(C(C)(C)C)sc1-c1cc(Br)c(-c2sc(C(C)(C)C)cc2C)s1. The molecule has 0 atom stereocenters. The van der Waals surface area contributed by atoms with E-state index in [2.05, 4.69) is 89.5 Å². The molecule has 0 saturated heterocycles.